The van der Waals surface area contributed by atoms with Gasteiger partial charge in [0, 0.05) is 35.7 Å². The van der Waals surface area contributed by atoms with E-state index in [-0.39, 0.29) is 10.6 Å². The minimum absolute atomic E-state index is 0.130. The third-order valence-corrected chi connectivity index (χ3v) is 4.72. The van der Waals surface area contributed by atoms with Gasteiger partial charge in [0.2, 0.25) is 0 Å². The van der Waals surface area contributed by atoms with E-state index in [4.69, 9.17) is 0 Å². The first kappa shape index (κ1) is 12.9. The van der Waals surface area contributed by atoms with Gasteiger partial charge in [-0.3, -0.25) is 10.1 Å². The van der Waals surface area contributed by atoms with Crippen molar-refractivity contribution < 1.29 is 4.92 Å². The molecule has 0 aliphatic carbocycles. The van der Waals surface area contributed by atoms with E-state index in [9.17, 15) is 10.1 Å². The number of non-ortho nitro benzene ring substituents is 1. The van der Waals surface area contributed by atoms with Crippen LogP contribution in [0, 0.1) is 16.0 Å². The molecule has 0 amide bonds. The van der Waals surface area contributed by atoms with Crippen LogP contribution in [0.2, 0.25) is 0 Å². The van der Waals surface area contributed by atoms with Crippen LogP contribution in [0.25, 0.3) is 0 Å². The number of nitro benzene ring substituents is 1. The molecule has 6 heteroatoms. The Kier molecular flexibility index (Phi) is 3.45. The molecular formula is C13H16BrN3O2. The molecule has 1 N–H and O–H groups in total. The van der Waals surface area contributed by atoms with E-state index in [1.54, 1.807) is 12.1 Å². The van der Waals surface area contributed by atoms with E-state index in [0.717, 1.165) is 29.8 Å². The van der Waals surface area contributed by atoms with Crippen molar-refractivity contribution >= 4 is 27.3 Å². The highest BCUT2D eigenvalue weighted by Gasteiger charge is 2.34. The molecule has 0 spiro atoms. The van der Waals surface area contributed by atoms with Gasteiger partial charge in [-0.25, -0.2) is 0 Å². The summed E-state index contributed by atoms with van der Waals surface area (Å²) in [7, 11) is 0. The zero-order valence-electron chi connectivity index (χ0n) is 10.5. The maximum Gasteiger partial charge on any atom is 0.270 e. The Labute approximate surface area is 120 Å². The van der Waals surface area contributed by atoms with Crippen LogP contribution < -0.4 is 10.2 Å². The van der Waals surface area contributed by atoms with Gasteiger partial charge in [0.25, 0.3) is 5.69 Å². The van der Waals surface area contributed by atoms with E-state index in [1.807, 2.05) is 6.07 Å². The molecular weight excluding hydrogens is 310 g/mol. The molecule has 2 aliphatic rings. The lowest BCUT2D eigenvalue weighted by Gasteiger charge is -2.24. The highest BCUT2D eigenvalue weighted by atomic mass is 79.9. The third-order valence-electron chi connectivity index (χ3n) is 4.08. The summed E-state index contributed by atoms with van der Waals surface area (Å²) >= 11 is 3.46. The number of piperidine rings is 1. The van der Waals surface area contributed by atoms with Gasteiger partial charge in [-0.2, -0.15) is 0 Å². The second kappa shape index (κ2) is 5.09. The Morgan fingerprint density at radius 3 is 2.95 bits per heavy atom. The van der Waals surface area contributed by atoms with Gasteiger partial charge >= 0.3 is 0 Å². The van der Waals surface area contributed by atoms with E-state index in [1.165, 1.54) is 12.8 Å². The molecule has 3 rings (SSSR count). The lowest BCUT2D eigenvalue weighted by molar-refractivity contribution is -0.384. The van der Waals surface area contributed by atoms with E-state index >= 15 is 0 Å². The number of halogens is 1. The normalized spacial score (nSPS) is 26.3. The first-order chi connectivity index (χ1) is 9.15. The largest absolute Gasteiger partial charge is 0.369 e. The molecule has 2 atom stereocenters. The Morgan fingerprint density at radius 1 is 1.42 bits per heavy atom. The molecule has 102 valence electrons. The van der Waals surface area contributed by atoms with Crippen molar-refractivity contribution in [2.75, 3.05) is 24.5 Å². The Morgan fingerprint density at radius 2 is 2.26 bits per heavy atom. The second-order valence-electron chi connectivity index (χ2n) is 5.26. The van der Waals surface area contributed by atoms with Crippen molar-refractivity contribution in [3.05, 3.63) is 32.8 Å². The van der Waals surface area contributed by atoms with Crippen LogP contribution in [0.3, 0.4) is 0 Å². The number of anilines is 1. The third kappa shape index (κ3) is 2.47. The minimum atomic E-state index is -0.361. The molecule has 1 aromatic rings. The SMILES string of the molecule is O=[N+]([O-])c1ccc(N2CC3CCCNC3C2)c(Br)c1. The predicted molar refractivity (Wildman–Crippen MR) is 77.5 cm³/mol. The molecule has 19 heavy (non-hydrogen) atoms. The average Bonchev–Trinajstić information content (AvgIpc) is 2.81. The maximum absolute atomic E-state index is 10.8. The number of nitro groups is 1. The van der Waals surface area contributed by atoms with Crippen LogP contribution in [0.15, 0.2) is 22.7 Å². The summed E-state index contributed by atoms with van der Waals surface area (Å²) in [6, 6.07) is 5.58. The fourth-order valence-electron chi connectivity index (χ4n) is 3.11. The maximum atomic E-state index is 10.8. The summed E-state index contributed by atoms with van der Waals surface area (Å²) in [4.78, 5) is 12.7. The first-order valence-electron chi connectivity index (χ1n) is 6.57. The summed E-state index contributed by atoms with van der Waals surface area (Å²) in [6.07, 6.45) is 2.52. The lowest BCUT2D eigenvalue weighted by atomic mass is 9.94. The Balaban J connectivity index is 1.81. The van der Waals surface area contributed by atoms with E-state index in [0.29, 0.717) is 12.0 Å². The number of fused-ring (bicyclic) bond motifs is 1. The van der Waals surface area contributed by atoms with Crippen LogP contribution in [-0.2, 0) is 0 Å². The summed E-state index contributed by atoms with van der Waals surface area (Å²) in [6.45, 7) is 3.13. The highest BCUT2D eigenvalue weighted by Crippen LogP contribution is 2.35. The van der Waals surface area contributed by atoms with Gasteiger partial charge in [-0.05, 0) is 47.3 Å². The molecule has 5 nitrogen and oxygen atoms in total. The van der Waals surface area contributed by atoms with Gasteiger partial charge < -0.3 is 10.2 Å². The second-order valence-corrected chi connectivity index (χ2v) is 6.12. The summed E-state index contributed by atoms with van der Waals surface area (Å²) < 4.78 is 0.806. The van der Waals surface area contributed by atoms with Gasteiger partial charge in [0.1, 0.15) is 0 Å². The van der Waals surface area contributed by atoms with Gasteiger partial charge in [-0.15, -0.1) is 0 Å². The number of hydrogen-bond acceptors (Lipinski definition) is 4. The van der Waals surface area contributed by atoms with Crippen LogP contribution >= 0.6 is 15.9 Å². The number of nitrogens with one attached hydrogen (secondary N) is 1. The molecule has 0 aromatic heterocycles. The zero-order chi connectivity index (χ0) is 13.4. The van der Waals surface area contributed by atoms with Crippen LogP contribution in [-0.4, -0.2) is 30.6 Å². The Bertz CT molecular complexity index is 495. The molecule has 0 radical (unpaired) electrons. The summed E-state index contributed by atoms with van der Waals surface area (Å²) in [5, 5.41) is 14.3. The van der Waals surface area contributed by atoms with Crippen molar-refractivity contribution in [2.45, 2.75) is 18.9 Å². The van der Waals surface area contributed by atoms with E-state index < -0.39 is 0 Å². The Hall–Kier alpha value is -1.14. The average molecular weight is 326 g/mol. The molecule has 0 saturated carbocycles. The van der Waals surface area contributed by atoms with Gasteiger partial charge in [-0.1, -0.05) is 0 Å². The lowest BCUT2D eigenvalue weighted by Crippen LogP contribution is -2.40. The number of rotatable bonds is 2. The fourth-order valence-corrected chi connectivity index (χ4v) is 3.73. The number of nitrogens with zero attached hydrogens (tertiary/aromatic N) is 2. The fraction of sp³-hybridized carbons (Fsp3) is 0.538. The van der Waals surface area contributed by atoms with Crippen LogP contribution in [0.5, 0.6) is 0 Å². The monoisotopic (exact) mass is 325 g/mol. The number of benzene rings is 1. The molecule has 2 saturated heterocycles. The van der Waals surface area contributed by atoms with Gasteiger partial charge in [0.05, 0.1) is 10.6 Å². The zero-order valence-corrected chi connectivity index (χ0v) is 12.1. The first-order valence-corrected chi connectivity index (χ1v) is 7.37. The standard InChI is InChI=1S/C13H16BrN3O2/c14-11-6-10(17(18)19)3-4-13(11)16-7-9-2-1-5-15-12(9)8-16/h3-4,6,9,12,15H,1-2,5,7-8H2. The smallest absolute Gasteiger partial charge is 0.270 e. The molecule has 2 aliphatic heterocycles. The highest BCUT2D eigenvalue weighted by molar-refractivity contribution is 9.10. The number of hydrogen-bond donors (Lipinski definition) is 1. The van der Waals surface area contributed by atoms with Crippen molar-refractivity contribution in [3.8, 4) is 0 Å². The van der Waals surface area contributed by atoms with Crippen molar-refractivity contribution in [1.29, 1.82) is 0 Å². The molecule has 2 fully saturated rings. The predicted octanol–water partition coefficient (Wildman–Crippen LogP) is 2.55. The van der Waals surface area contributed by atoms with E-state index in [2.05, 4.69) is 26.1 Å². The molecule has 0 bridgehead atoms. The van der Waals surface area contributed by atoms with Gasteiger partial charge in [0.15, 0.2) is 0 Å². The summed E-state index contributed by atoms with van der Waals surface area (Å²) in [5.41, 5.74) is 1.19. The van der Waals surface area contributed by atoms with Crippen LogP contribution in [0.1, 0.15) is 12.8 Å². The molecule has 2 heterocycles. The minimum Gasteiger partial charge on any atom is -0.369 e. The molecule has 1 aromatic carbocycles. The topological polar surface area (TPSA) is 58.4 Å². The van der Waals surface area contributed by atoms with Crippen LogP contribution in [0.4, 0.5) is 11.4 Å². The molecule has 2 unspecified atom stereocenters. The summed E-state index contributed by atoms with van der Waals surface area (Å²) in [5.74, 6) is 0.704. The quantitative estimate of drug-likeness (QED) is 0.670. The van der Waals surface area contributed by atoms with Crippen molar-refractivity contribution in [3.63, 3.8) is 0 Å². The van der Waals surface area contributed by atoms with Crippen molar-refractivity contribution in [1.82, 2.24) is 5.32 Å². The van der Waals surface area contributed by atoms with Crippen molar-refractivity contribution in [2.24, 2.45) is 5.92 Å².